The van der Waals surface area contributed by atoms with Crippen LogP contribution >= 0.6 is 43.5 Å². The molecule has 0 unspecified atom stereocenters. The van der Waals surface area contributed by atoms with Gasteiger partial charge in [0.25, 0.3) is 0 Å². The minimum atomic E-state index is 0.271. The highest BCUT2D eigenvalue weighted by molar-refractivity contribution is 9.10. The van der Waals surface area contributed by atoms with Gasteiger partial charge in [-0.1, -0.05) is 0 Å². The highest BCUT2D eigenvalue weighted by Gasteiger charge is 2.04. The molecule has 0 aliphatic rings. The van der Waals surface area contributed by atoms with Crippen molar-refractivity contribution in [1.29, 1.82) is 0 Å². The Bertz CT molecular complexity index is 991. The van der Waals surface area contributed by atoms with E-state index in [0.717, 1.165) is 32.0 Å². The summed E-state index contributed by atoms with van der Waals surface area (Å²) in [5.74, 6) is 2.52. The highest BCUT2D eigenvalue weighted by Crippen LogP contribution is 2.10. The molecule has 0 bridgehead atoms. The summed E-state index contributed by atoms with van der Waals surface area (Å²) in [5.41, 5.74) is 2.09. The van der Waals surface area contributed by atoms with Crippen molar-refractivity contribution in [3.8, 4) is 5.95 Å². The van der Waals surface area contributed by atoms with Gasteiger partial charge in [-0.2, -0.15) is 0 Å². The van der Waals surface area contributed by atoms with Gasteiger partial charge in [0, 0.05) is 42.9 Å². The van der Waals surface area contributed by atoms with E-state index in [9.17, 15) is 0 Å². The molecular weight excluding hydrogens is 524 g/mol. The summed E-state index contributed by atoms with van der Waals surface area (Å²) >= 11 is 11.8. The Labute approximate surface area is 190 Å². The third kappa shape index (κ3) is 8.00. The molecule has 0 atom stereocenters. The van der Waals surface area contributed by atoms with Crippen LogP contribution in [-0.4, -0.2) is 39.5 Å². The van der Waals surface area contributed by atoms with Crippen LogP contribution in [-0.2, 0) is 0 Å². The van der Waals surface area contributed by atoms with Gasteiger partial charge in [0.2, 0.25) is 11.2 Å². The Kier molecular flexibility index (Phi) is 8.87. The maximum absolute atomic E-state index is 5.37. The molecule has 8 nitrogen and oxygen atoms in total. The first-order valence-corrected chi connectivity index (χ1v) is 10.3. The van der Waals surface area contributed by atoms with E-state index in [1.54, 1.807) is 24.8 Å². The summed E-state index contributed by atoms with van der Waals surface area (Å²) in [7, 11) is 0. The van der Waals surface area contributed by atoms with Crippen LogP contribution in [0.3, 0.4) is 0 Å². The number of hydrogen-bond acceptors (Lipinski definition) is 6. The van der Waals surface area contributed by atoms with Crippen molar-refractivity contribution in [1.82, 2.24) is 39.5 Å². The summed E-state index contributed by atoms with van der Waals surface area (Å²) in [5, 5.41) is 0.271. The lowest BCUT2D eigenvalue weighted by molar-refractivity contribution is 0.880. The first kappa shape index (κ1) is 23.1. The normalized spacial score (nSPS) is 9.90. The number of nitrogens with zero attached hydrogens (tertiary/aromatic N) is 7. The number of aryl methyl sites for hydroxylation is 4. The molecule has 0 aromatic carbocycles. The lowest BCUT2D eigenvalue weighted by atomic mass is 10.6. The van der Waals surface area contributed by atoms with E-state index in [2.05, 4.69) is 66.7 Å². The number of aromatic amines is 1. The summed E-state index contributed by atoms with van der Waals surface area (Å²) in [6, 6.07) is 0. The Morgan fingerprint density at radius 1 is 0.828 bits per heavy atom. The van der Waals surface area contributed by atoms with E-state index >= 15 is 0 Å². The molecule has 0 spiro atoms. The predicted molar refractivity (Wildman–Crippen MR) is 119 cm³/mol. The SMILES string of the molecule is Cc1cn(-c2ncc(Br)cn2)c(C)n1.Cc1cnc(C)[nH]1.Clc1ncc(Br)cn1. The van der Waals surface area contributed by atoms with Crippen molar-refractivity contribution in [3.63, 3.8) is 0 Å². The molecule has 0 saturated heterocycles. The van der Waals surface area contributed by atoms with Crippen LogP contribution in [0.15, 0.2) is 46.1 Å². The quantitative estimate of drug-likeness (QED) is 0.342. The summed E-state index contributed by atoms with van der Waals surface area (Å²) in [6.45, 7) is 7.80. The Morgan fingerprint density at radius 3 is 1.72 bits per heavy atom. The minimum Gasteiger partial charge on any atom is -0.346 e. The van der Waals surface area contributed by atoms with Gasteiger partial charge in [-0.05, 0) is 71.2 Å². The van der Waals surface area contributed by atoms with Gasteiger partial charge in [0.1, 0.15) is 11.6 Å². The van der Waals surface area contributed by atoms with Crippen LogP contribution in [0.25, 0.3) is 5.95 Å². The van der Waals surface area contributed by atoms with Crippen molar-refractivity contribution < 1.29 is 0 Å². The van der Waals surface area contributed by atoms with E-state index in [1.807, 2.05) is 44.7 Å². The monoisotopic (exact) mass is 540 g/mol. The van der Waals surface area contributed by atoms with Crippen molar-refractivity contribution in [2.75, 3.05) is 0 Å². The van der Waals surface area contributed by atoms with E-state index < -0.39 is 0 Å². The molecule has 0 saturated carbocycles. The number of hydrogen-bond donors (Lipinski definition) is 1. The van der Waals surface area contributed by atoms with Gasteiger partial charge in [-0.25, -0.2) is 29.9 Å². The number of imidazole rings is 2. The van der Waals surface area contributed by atoms with Crippen LogP contribution in [0.2, 0.25) is 5.28 Å². The zero-order chi connectivity index (χ0) is 21.4. The average Bonchev–Trinajstić information content (AvgIpc) is 3.22. The lowest BCUT2D eigenvalue weighted by Gasteiger charge is -2.01. The molecule has 4 rings (SSSR count). The van der Waals surface area contributed by atoms with Crippen LogP contribution in [0.1, 0.15) is 23.0 Å². The van der Waals surface area contributed by atoms with Crippen LogP contribution in [0, 0.1) is 27.7 Å². The summed E-state index contributed by atoms with van der Waals surface area (Å²) < 4.78 is 3.57. The second kappa shape index (κ2) is 11.1. The fraction of sp³-hybridized carbons (Fsp3) is 0.222. The van der Waals surface area contributed by atoms with Crippen LogP contribution < -0.4 is 0 Å². The van der Waals surface area contributed by atoms with Crippen molar-refractivity contribution >= 4 is 43.5 Å². The molecule has 0 aliphatic carbocycles. The maximum atomic E-state index is 5.37. The van der Waals surface area contributed by atoms with Gasteiger partial charge in [0.15, 0.2) is 0 Å². The topological polar surface area (TPSA) is 98.1 Å². The molecule has 11 heteroatoms. The fourth-order valence-electron chi connectivity index (χ4n) is 2.09. The number of aromatic nitrogens is 8. The second-order valence-electron chi connectivity index (χ2n) is 5.82. The number of nitrogens with one attached hydrogen (secondary N) is 1. The molecule has 0 aliphatic heterocycles. The zero-order valence-electron chi connectivity index (χ0n) is 16.2. The molecular formula is C18H19Br2ClN8. The molecule has 0 fully saturated rings. The third-order valence-corrected chi connectivity index (χ3v) is 4.26. The summed E-state index contributed by atoms with van der Waals surface area (Å²) in [6.07, 6.45) is 10.4. The molecule has 4 aromatic rings. The van der Waals surface area contributed by atoms with Gasteiger partial charge in [0.05, 0.1) is 14.6 Å². The Morgan fingerprint density at radius 2 is 1.38 bits per heavy atom. The van der Waals surface area contributed by atoms with E-state index in [-0.39, 0.29) is 5.28 Å². The second-order valence-corrected chi connectivity index (χ2v) is 7.99. The molecule has 4 aromatic heterocycles. The molecule has 0 amide bonds. The third-order valence-electron chi connectivity index (χ3n) is 3.24. The number of halogens is 3. The van der Waals surface area contributed by atoms with Gasteiger partial charge in [-0.15, -0.1) is 0 Å². The van der Waals surface area contributed by atoms with E-state index in [1.165, 1.54) is 0 Å². The zero-order valence-corrected chi connectivity index (χ0v) is 20.2. The smallest absolute Gasteiger partial charge is 0.235 e. The highest BCUT2D eigenvalue weighted by atomic mass is 79.9. The van der Waals surface area contributed by atoms with Crippen molar-refractivity contribution in [2.45, 2.75) is 27.7 Å². The average molecular weight is 543 g/mol. The van der Waals surface area contributed by atoms with E-state index in [4.69, 9.17) is 11.6 Å². The predicted octanol–water partition coefficient (Wildman–Crippen LogP) is 4.96. The Balaban J connectivity index is 0.000000170. The van der Waals surface area contributed by atoms with E-state index in [0.29, 0.717) is 5.95 Å². The Hall–Kier alpha value is -2.17. The number of rotatable bonds is 1. The first-order chi connectivity index (χ1) is 13.7. The first-order valence-electron chi connectivity index (χ1n) is 8.36. The minimum absolute atomic E-state index is 0.271. The standard InChI is InChI=1S/C9H9BrN4.C5H8N2.C4H2BrClN2/c1-6-5-14(7(2)13-6)9-11-3-8(10)4-12-9;1-4-3-6-5(2)7-4;5-3-1-7-4(6)8-2-3/h3-5H,1-2H3;3H,1-2H3,(H,6,7);1-2H. The van der Waals surface area contributed by atoms with Crippen LogP contribution in [0.4, 0.5) is 0 Å². The van der Waals surface area contributed by atoms with Crippen molar-refractivity contribution in [2.24, 2.45) is 0 Å². The van der Waals surface area contributed by atoms with Gasteiger partial charge < -0.3 is 4.98 Å². The largest absolute Gasteiger partial charge is 0.346 e. The summed E-state index contributed by atoms with van der Waals surface area (Å²) in [4.78, 5) is 27.0. The fourth-order valence-corrected chi connectivity index (χ4v) is 2.60. The molecule has 0 radical (unpaired) electrons. The lowest BCUT2D eigenvalue weighted by Crippen LogP contribution is -2.00. The number of H-pyrrole nitrogens is 1. The molecule has 4 heterocycles. The molecule has 29 heavy (non-hydrogen) atoms. The van der Waals surface area contributed by atoms with Gasteiger partial charge >= 0.3 is 0 Å². The maximum Gasteiger partial charge on any atom is 0.235 e. The molecule has 152 valence electrons. The van der Waals surface area contributed by atoms with Gasteiger partial charge in [-0.3, -0.25) is 4.57 Å². The van der Waals surface area contributed by atoms with Crippen LogP contribution in [0.5, 0.6) is 0 Å². The molecule has 1 N–H and O–H groups in total. The van der Waals surface area contributed by atoms with Crippen molar-refractivity contribution in [3.05, 3.63) is 74.4 Å².